The largest absolute Gasteiger partial charge is 0.465 e. The molecule has 7 heteroatoms. The van der Waals surface area contributed by atoms with E-state index in [2.05, 4.69) is 9.97 Å². The van der Waals surface area contributed by atoms with Gasteiger partial charge in [-0.2, -0.15) is 0 Å². The number of esters is 1. The van der Waals surface area contributed by atoms with Gasteiger partial charge in [-0.25, -0.2) is 4.79 Å². The number of carbonyl (C=O) groups is 1. The third-order valence-corrected chi connectivity index (χ3v) is 3.64. The number of aromatic nitrogens is 2. The number of aromatic amines is 2. The minimum atomic E-state index is -0.913. The molecule has 0 saturated carbocycles. The normalized spacial score (nSPS) is 12.4. The molecule has 2 aromatic carbocycles. The molecule has 1 heterocycles. The third kappa shape index (κ3) is 2.62. The van der Waals surface area contributed by atoms with Crippen LogP contribution in [0.15, 0.2) is 39.9 Å². The summed E-state index contributed by atoms with van der Waals surface area (Å²) in [4.78, 5) is 39.9. The van der Waals surface area contributed by atoms with Crippen LogP contribution < -0.4 is 16.9 Å². The summed E-state index contributed by atoms with van der Waals surface area (Å²) in [5.74, 6) is -0.519. The predicted molar refractivity (Wildman–Crippen MR) is 86.3 cm³/mol. The van der Waals surface area contributed by atoms with E-state index in [1.165, 1.54) is 0 Å². The molecule has 1 atom stereocenters. The number of ether oxygens (including phenoxy) is 1. The maximum absolute atomic E-state index is 11.8. The first-order chi connectivity index (χ1) is 11.0. The first-order valence-corrected chi connectivity index (χ1v) is 7.12. The van der Waals surface area contributed by atoms with Crippen LogP contribution in [-0.2, 0) is 9.53 Å². The molecular weight excluding hydrogens is 298 g/mol. The van der Waals surface area contributed by atoms with Crippen molar-refractivity contribution in [3.63, 3.8) is 0 Å². The van der Waals surface area contributed by atoms with Crippen LogP contribution >= 0.6 is 0 Å². The van der Waals surface area contributed by atoms with E-state index in [9.17, 15) is 14.4 Å². The van der Waals surface area contributed by atoms with Crippen molar-refractivity contribution in [1.29, 1.82) is 0 Å². The number of carbonyl (C=O) groups excluding carboxylic acids is 1. The molecule has 0 amide bonds. The highest BCUT2D eigenvalue weighted by Gasteiger charge is 2.17. The van der Waals surface area contributed by atoms with Gasteiger partial charge in [-0.05, 0) is 30.0 Å². The topological polar surface area (TPSA) is 118 Å². The van der Waals surface area contributed by atoms with Crippen molar-refractivity contribution in [3.8, 4) is 0 Å². The maximum Gasteiger partial charge on any atom is 0.327 e. The summed E-state index contributed by atoms with van der Waals surface area (Å²) in [5, 5.41) is 1.54. The van der Waals surface area contributed by atoms with Crippen molar-refractivity contribution in [3.05, 3.63) is 56.6 Å². The second-order valence-corrected chi connectivity index (χ2v) is 5.11. The van der Waals surface area contributed by atoms with Gasteiger partial charge in [0.1, 0.15) is 6.04 Å². The number of nitrogens with one attached hydrogen (secondary N) is 2. The van der Waals surface area contributed by atoms with Gasteiger partial charge in [0.05, 0.1) is 17.6 Å². The number of hydrogen-bond donors (Lipinski definition) is 3. The smallest absolute Gasteiger partial charge is 0.327 e. The first kappa shape index (κ1) is 15.0. The number of benzene rings is 2. The molecule has 7 nitrogen and oxygen atoms in total. The van der Waals surface area contributed by atoms with Gasteiger partial charge in [0, 0.05) is 5.39 Å². The Morgan fingerprint density at radius 1 is 1.17 bits per heavy atom. The van der Waals surface area contributed by atoms with Gasteiger partial charge in [-0.3, -0.25) is 9.59 Å². The van der Waals surface area contributed by atoms with Gasteiger partial charge in [-0.1, -0.05) is 18.2 Å². The van der Waals surface area contributed by atoms with Gasteiger partial charge in [0.15, 0.2) is 0 Å². The molecule has 0 fully saturated rings. The van der Waals surface area contributed by atoms with E-state index in [1.807, 2.05) is 6.07 Å². The number of nitrogens with two attached hydrogens (primary N) is 1. The molecule has 0 bridgehead atoms. The minimum absolute atomic E-state index is 0.248. The molecule has 4 N–H and O–H groups in total. The summed E-state index contributed by atoms with van der Waals surface area (Å²) >= 11 is 0. The Labute approximate surface area is 130 Å². The summed E-state index contributed by atoms with van der Waals surface area (Å²) in [6.45, 7) is 1.96. The highest BCUT2D eigenvalue weighted by Crippen LogP contribution is 2.25. The molecule has 0 aliphatic carbocycles. The average molecular weight is 313 g/mol. The standard InChI is InChI=1S/C16H15N3O4/c1-2-23-16(22)12(17)9-4-3-8-5-6-11-13(10(8)7-9)19-15(21)14(20)18-11/h3-7,12H,2,17H2,1H3,(H,18,20)(H,19,21). The van der Waals surface area contributed by atoms with Crippen LogP contribution in [0.2, 0.25) is 0 Å². The van der Waals surface area contributed by atoms with Crippen LogP contribution in [0.3, 0.4) is 0 Å². The summed E-state index contributed by atoms with van der Waals surface area (Å²) in [5.41, 5.74) is 6.03. The van der Waals surface area contributed by atoms with Crippen LogP contribution in [0, 0.1) is 0 Å². The molecule has 0 saturated heterocycles. The third-order valence-electron chi connectivity index (χ3n) is 3.64. The average Bonchev–Trinajstić information content (AvgIpc) is 2.55. The molecule has 3 aromatic rings. The Balaban J connectivity index is 2.23. The van der Waals surface area contributed by atoms with Crippen LogP contribution in [0.4, 0.5) is 0 Å². The van der Waals surface area contributed by atoms with Crippen molar-refractivity contribution in [2.45, 2.75) is 13.0 Å². The number of hydrogen-bond acceptors (Lipinski definition) is 5. The number of H-pyrrole nitrogens is 2. The summed E-state index contributed by atoms with van der Waals surface area (Å²) in [7, 11) is 0. The Morgan fingerprint density at radius 3 is 2.61 bits per heavy atom. The van der Waals surface area contributed by atoms with E-state index in [4.69, 9.17) is 10.5 Å². The van der Waals surface area contributed by atoms with E-state index in [1.54, 1.807) is 31.2 Å². The zero-order chi connectivity index (χ0) is 16.6. The van der Waals surface area contributed by atoms with Crippen molar-refractivity contribution < 1.29 is 9.53 Å². The van der Waals surface area contributed by atoms with Crippen molar-refractivity contribution in [2.75, 3.05) is 6.61 Å². The lowest BCUT2D eigenvalue weighted by Gasteiger charge is -2.12. The zero-order valence-corrected chi connectivity index (χ0v) is 12.4. The molecule has 0 spiro atoms. The van der Waals surface area contributed by atoms with Gasteiger partial charge in [-0.15, -0.1) is 0 Å². The van der Waals surface area contributed by atoms with Gasteiger partial charge in [0.2, 0.25) is 0 Å². The van der Waals surface area contributed by atoms with Gasteiger partial charge in [0.25, 0.3) is 0 Å². The van der Waals surface area contributed by atoms with E-state index < -0.39 is 23.1 Å². The van der Waals surface area contributed by atoms with Crippen LogP contribution in [0.25, 0.3) is 21.8 Å². The van der Waals surface area contributed by atoms with Crippen molar-refractivity contribution in [2.24, 2.45) is 5.73 Å². The number of rotatable bonds is 3. The van der Waals surface area contributed by atoms with Gasteiger partial charge < -0.3 is 20.4 Å². The quantitative estimate of drug-likeness (QED) is 0.378. The molecular formula is C16H15N3O4. The van der Waals surface area contributed by atoms with E-state index >= 15 is 0 Å². The lowest BCUT2D eigenvalue weighted by Crippen LogP contribution is -2.29. The van der Waals surface area contributed by atoms with Crippen molar-refractivity contribution in [1.82, 2.24) is 9.97 Å². The monoisotopic (exact) mass is 313 g/mol. The molecule has 118 valence electrons. The highest BCUT2D eigenvalue weighted by molar-refractivity contribution is 6.04. The van der Waals surface area contributed by atoms with Crippen molar-refractivity contribution >= 4 is 27.8 Å². The van der Waals surface area contributed by atoms with E-state index in [-0.39, 0.29) is 6.61 Å². The fourth-order valence-corrected chi connectivity index (χ4v) is 2.49. The lowest BCUT2D eigenvalue weighted by atomic mass is 10.0. The fraction of sp³-hybridized carbons (Fsp3) is 0.188. The summed E-state index contributed by atoms with van der Waals surface area (Å²) in [6, 6.07) is 7.86. The van der Waals surface area contributed by atoms with E-state index in [0.717, 1.165) is 5.39 Å². The SMILES string of the molecule is CCOC(=O)C(N)c1ccc2ccc3[nH]c(=O)c(=O)[nH]c3c2c1. The van der Waals surface area contributed by atoms with Crippen LogP contribution in [0.5, 0.6) is 0 Å². The first-order valence-electron chi connectivity index (χ1n) is 7.12. The van der Waals surface area contributed by atoms with E-state index in [0.29, 0.717) is 22.0 Å². The Hall–Kier alpha value is -2.93. The molecule has 0 aliphatic rings. The second-order valence-electron chi connectivity index (χ2n) is 5.11. The fourth-order valence-electron chi connectivity index (χ4n) is 2.49. The molecule has 0 aliphatic heterocycles. The minimum Gasteiger partial charge on any atom is -0.465 e. The second kappa shape index (κ2) is 5.69. The predicted octanol–water partition coefficient (Wildman–Crippen LogP) is 0.932. The molecule has 0 radical (unpaired) electrons. The highest BCUT2D eigenvalue weighted by atomic mass is 16.5. The maximum atomic E-state index is 11.8. The molecule has 1 aromatic heterocycles. The molecule has 1 unspecified atom stereocenters. The zero-order valence-electron chi connectivity index (χ0n) is 12.4. The van der Waals surface area contributed by atoms with Gasteiger partial charge >= 0.3 is 17.1 Å². The number of fused-ring (bicyclic) bond motifs is 3. The lowest BCUT2D eigenvalue weighted by molar-refractivity contribution is -0.144. The summed E-state index contributed by atoms with van der Waals surface area (Å²) in [6.07, 6.45) is 0. The van der Waals surface area contributed by atoms with Crippen LogP contribution in [0.1, 0.15) is 18.5 Å². The summed E-state index contributed by atoms with van der Waals surface area (Å²) < 4.78 is 4.92. The Kier molecular flexibility index (Phi) is 3.71. The Bertz CT molecular complexity index is 1020. The molecule has 23 heavy (non-hydrogen) atoms. The molecule has 3 rings (SSSR count). The Morgan fingerprint density at radius 2 is 1.87 bits per heavy atom. The van der Waals surface area contributed by atoms with Crippen LogP contribution in [-0.4, -0.2) is 22.5 Å².